The van der Waals surface area contributed by atoms with E-state index in [4.69, 9.17) is 10.5 Å². The maximum absolute atomic E-state index is 8.94. The quantitative estimate of drug-likeness (QED) is 0.740. The Bertz CT molecular complexity index is 628. The number of rotatable bonds is 1. The number of hydrogen-bond acceptors (Lipinski definition) is 3. The summed E-state index contributed by atoms with van der Waals surface area (Å²) in [6, 6.07) is 13.0. The maximum atomic E-state index is 8.94. The highest BCUT2D eigenvalue weighted by molar-refractivity contribution is 5.64. The van der Waals surface area contributed by atoms with Gasteiger partial charge in [-0.25, -0.2) is 0 Å². The van der Waals surface area contributed by atoms with E-state index in [1.807, 2.05) is 31.2 Å². The Morgan fingerprint density at radius 1 is 1.00 bits per heavy atom. The average Bonchev–Trinajstić information content (AvgIpc) is 2.39. The molecule has 2 rings (SSSR count). The molecule has 1 aromatic heterocycles. The van der Waals surface area contributed by atoms with Crippen molar-refractivity contribution in [2.45, 2.75) is 6.92 Å². The van der Waals surface area contributed by atoms with Gasteiger partial charge in [0.2, 0.25) is 0 Å². The zero-order chi connectivity index (χ0) is 12.3. The Morgan fingerprint density at radius 2 is 1.76 bits per heavy atom. The molecule has 0 aliphatic rings. The molecular formula is C14H9N3. The van der Waals surface area contributed by atoms with Crippen LogP contribution < -0.4 is 0 Å². The standard InChI is InChI=1S/C14H9N3/c1-10-2-5-14(17-9-10)11-3-4-12(7-15)13(6-11)8-16/h2-6,9H,1H3. The lowest BCUT2D eigenvalue weighted by molar-refractivity contribution is 1.27. The fourth-order valence-corrected chi connectivity index (χ4v) is 1.53. The number of nitrogens with zero attached hydrogens (tertiary/aromatic N) is 3. The van der Waals surface area contributed by atoms with Crippen molar-refractivity contribution >= 4 is 0 Å². The minimum atomic E-state index is 0.382. The summed E-state index contributed by atoms with van der Waals surface area (Å²) < 4.78 is 0. The molecule has 2 aromatic rings. The van der Waals surface area contributed by atoms with Crippen LogP contribution in [-0.4, -0.2) is 4.98 Å². The molecular weight excluding hydrogens is 210 g/mol. The molecule has 0 N–H and O–H groups in total. The van der Waals surface area contributed by atoms with E-state index in [2.05, 4.69) is 4.98 Å². The molecule has 17 heavy (non-hydrogen) atoms. The maximum Gasteiger partial charge on any atom is 0.101 e. The lowest BCUT2D eigenvalue weighted by Gasteiger charge is -2.02. The van der Waals surface area contributed by atoms with Crippen LogP contribution in [0.15, 0.2) is 36.5 Å². The Morgan fingerprint density at radius 3 is 2.35 bits per heavy atom. The average molecular weight is 219 g/mol. The molecule has 0 saturated carbocycles. The number of pyridine rings is 1. The first kappa shape index (κ1) is 10.9. The van der Waals surface area contributed by atoms with Gasteiger partial charge in [0.15, 0.2) is 0 Å². The number of benzene rings is 1. The largest absolute Gasteiger partial charge is 0.256 e. The Labute approximate surface area is 99.6 Å². The number of hydrogen-bond donors (Lipinski definition) is 0. The Kier molecular flexibility index (Phi) is 2.85. The molecule has 1 heterocycles. The smallest absolute Gasteiger partial charge is 0.101 e. The lowest BCUT2D eigenvalue weighted by atomic mass is 10.0. The molecule has 0 aliphatic carbocycles. The Balaban J connectivity index is 2.52. The van der Waals surface area contributed by atoms with Crippen molar-refractivity contribution in [2.75, 3.05) is 0 Å². The SMILES string of the molecule is Cc1ccc(-c2ccc(C#N)c(C#N)c2)nc1. The van der Waals surface area contributed by atoms with Gasteiger partial charge in [0.05, 0.1) is 16.8 Å². The van der Waals surface area contributed by atoms with Crippen LogP contribution in [0.2, 0.25) is 0 Å². The Hall–Kier alpha value is -2.65. The van der Waals surface area contributed by atoms with E-state index in [9.17, 15) is 0 Å². The molecule has 0 spiro atoms. The summed E-state index contributed by atoms with van der Waals surface area (Å²) >= 11 is 0. The second-order valence-electron chi connectivity index (χ2n) is 3.70. The van der Waals surface area contributed by atoms with Crippen molar-refractivity contribution in [1.82, 2.24) is 4.98 Å². The van der Waals surface area contributed by atoms with Crippen molar-refractivity contribution in [3.8, 4) is 23.4 Å². The molecule has 0 saturated heterocycles. The number of nitriles is 2. The van der Waals surface area contributed by atoms with Gasteiger partial charge in [-0.3, -0.25) is 4.98 Å². The van der Waals surface area contributed by atoms with Crippen molar-refractivity contribution in [1.29, 1.82) is 10.5 Å². The van der Waals surface area contributed by atoms with E-state index in [0.29, 0.717) is 11.1 Å². The minimum absolute atomic E-state index is 0.382. The summed E-state index contributed by atoms with van der Waals surface area (Å²) in [5.41, 5.74) is 3.51. The highest BCUT2D eigenvalue weighted by atomic mass is 14.7. The zero-order valence-electron chi connectivity index (χ0n) is 9.31. The van der Waals surface area contributed by atoms with Crippen LogP contribution in [-0.2, 0) is 0 Å². The topological polar surface area (TPSA) is 60.5 Å². The molecule has 0 bridgehead atoms. The summed E-state index contributed by atoms with van der Waals surface area (Å²) in [5.74, 6) is 0. The monoisotopic (exact) mass is 219 g/mol. The summed E-state index contributed by atoms with van der Waals surface area (Å²) in [4.78, 5) is 4.29. The number of aromatic nitrogens is 1. The second kappa shape index (κ2) is 4.47. The van der Waals surface area contributed by atoms with Crippen LogP contribution in [0.4, 0.5) is 0 Å². The molecule has 1 aromatic carbocycles. The van der Waals surface area contributed by atoms with Gasteiger partial charge in [-0.2, -0.15) is 10.5 Å². The highest BCUT2D eigenvalue weighted by Gasteiger charge is 2.05. The fourth-order valence-electron chi connectivity index (χ4n) is 1.53. The molecule has 3 heteroatoms. The third-order valence-electron chi connectivity index (χ3n) is 2.47. The molecule has 0 radical (unpaired) electrons. The zero-order valence-corrected chi connectivity index (χ0v) is 9.31. The molecule has 3 nitrogen and oxygen atoms in total. The van der Waals surface area contributed by atoms with Gasteiger partial charge in [-0.15, -0.1) is 0 Å². The first-order valence-electron chi connectivity index (χ1n) is 5.12. The fraction of sp³-hybridized carbons (Fsp3) is 0.0714. The highest BCUT2D eigenvalue weighted by Crippen LogP contribution is 2.20. The van der Waals surface area contributed by atoms with Gasteiger partial charge >= 0.3 is 0 Å². The summed E-state index contributed by atoms with van der Waals surface area (Å²) in [5, 5.41) is 17.8. The van der Waals surface area contributed by atoms with E-state index in [0.717, 1.165) is 16.8 Å². The molecule has 0 amide bonds. The van der Waals surface area contributed by atoms with Crippen molar-refractivity contribution < 1.29 is 0 Å². The molecule has 0 aliphatic heterocycles. The molecule has 0 unspecified atom stereocenters. The summed E-state index contributed by atoms with van der Waals surface area (Å²) in [6.07, 6.45) is 1.78. The van der Waals surface area contributed by atoms with Crippen LogP contribution in [0.25, 0.3) is 11.3 Å². The molecule has 80 valence electrons. The van der Waals surface area contributed by atoms with E-state index in [1.165, 1.54) is 0 Å². The van der Waals surface area contributed by atoms with Gasteiger partial charge in [0, 0.05) is 11.8 Å². The third kappa shape index (κ3) is 2.14. The normalized spacial score (nSPS) is 9.35. The summed E-state index contributed by atoms with van der Waals surface area (Å²) in [6.45, 7) is 1.97. The van der Waals surface area contributed by atoms with Gasteiger partial charge in [-0.1, -0.05) is 12.1 Å². The molecule has 0 atom stereocenters. The number of aryl methyl sites for hydroxylation is 1. The van der Waals surface area contributed by atoms with Crippen LogP contribution in [0.1, 0.15) is 16.7 Å². The van der Waals surface area contributed by atoms with Crippen molar-refractivity contribution in [3.63, 3.8) is 0 Å². The van der Waals surface area contributed by atoms with E-state index < -0.39 is 0 Å². The first-order valence-corrected chi connectivity index (χ1v) is 5.12. The van der Waals surface area contributed by atoms with Crippen molar-refractivity contribution in [3.05, 3.63) is 53.2 Å². The predicted molar refractivity (Wildman–Crippen MR) is 63.8 cm³/mol. The molecule has 0 fully saturated rings. The second-order valence-corrected chi connectivity index (χ2v) is 3.70. The van der Waals surface area contributed by atoms with Crippen LogP contribution in [0.5, 0.6) is 0 Å². The van der Waals surface area contributed by atoms with Crippen LogP contribution in [0.3, 0.4) is 0 Å². The van der Waals surface area contributed by atoms with E-state index >= 15 is 0 Å². The first-order chi connectivity index (χ1) is 8.24. The van der Waals surface area contributed by atoms with Gasteiger partial charge in [-0.05, 0) is 30.7 Å². The predicted octanol–water partition coefficient (Wildman–Crippen LogP) is 2.80. The lowest BCUT2D eigenvalue weighted by Crippen LogP contribution is -1.88. The third-order valence-corrected chi connectivity index (χ3v) is 2.47. The minimum Gasteiger partial charge on any atom is -0.256 e. The van der Waals surface area contributed by atoms with Crippen LogP contribution >= 0.6 is 0 Å². The van der Waals surface area contributed by atoms with Crippen molar-refractivity contribution in [2.24, 2.45) is 0 Å². The van der Waals surface area contributed by atoms with Gasteiger partial charge in [0.25, 0.3) is 0 Å². The summed E-state index contributed by atoms with van der Waals surface area (Å²) in [7, 11) is 0. The van der Waals surface area contributed by atoms with Crippen LogP contribution in [0, 0.1) is 29.6 Å². The van der Waals surface area contributed by atoms with E-state index in [1.54, 1.807) is 24.4 Å². The van der Waals surface area contributed by atoms with E-state index in [-0.39, 0.29) is 0 Å². The van der Waals surface area contributed by atoms with Gasteiger partial charge in [0.1, 0.15) is 12.1 Å². The van der Waals surface area contributed by atoms with Gasteiger partial charge < -0.3 is 0 Å².